The average Bonchev–Trinajstić information content (AvgIpc) is 2.38. The third-order valence-electron chi connectivity index (χ3n) is 2.83. The molecule has 0 aliphatic heterocycles. The van der Waals surface area contributed by atoms with Gasteiger partial charge in [-0.2, -0.15) is 0 Å². The molecular weight excluding hydrogens is 256 g/mol. The molecule has 0 radical (unpaired) electrons. The number of nitrogens with one attached hydrogen (secondary N) is 2. The Kier molecular flexibility index (Phi) is 5.70. The molecule has 0 saturated heterocycles. The zero-order valence-electron chi connectivity index (χ0n) is 12.4. The lowest BCUT2D eigenvalue weighted by Gasteiger charge is -2.28. The topological polar surface area (TPSA) is 67.4 Å². The van der Waals surface area contributed by atoms with Crippen LogP contribution in [0.5, 0.6) is 0 Å². The van der Waals surface area contributed by atoms with Gasteiger partial charge in [-0.05, 0) is 17.5 Å². The zero-order chi connectivity index (χ0) is 15.2. The van der Waals surface area contributed by atoms with E-state index in [9.17, 15) is 9.59 Å². The van der Waals surface area contributed by atoms with Gasteiger partial charge in [-0.1, -0.05) is 39.0 Å². The van der Waals surface area contributed by atoms with Crippen molar-refractivity contribution < 1.29 is 14.3 Å². The second-order valence-corrected chi connectivity index (χ2v) is 5.62. The Morgan fingerprint density at radius 3 is 2.30 bits per heavy atom. The van der Waals surface area contributed by atoms with Crippen LogP contribution >= 0.6 is 0 Å². The van der Waals surface area contributed by atoms with Crippen LogP contribution in [-0.2, 0) is 14.3 Å². The Labute approximate surface area is 119 Å². The summed E-state index contributed by atoms with van der Waals surface area (Å²) in [5.74, 6) is -0.570. The van der Waals surface area contributed by atoms with Crippen molar-refractivity contribution in [1.29, 1.82) is 0 Å². The summed E-state index contributed by atoms with van der Waals surface area (Å²) in [5, 5.41) is 5.70. The van der Waals surface area contributed by atoms with E-state index in [1.165, 1.54) is 7.11 Å². The quantitative estimate of drug-likeness (QED) is 0.806. The van der Waals surface area contributed by atoms with E-state index in [4.69, 9.17) is 4.74 Å². The Hall–Kier alpha value is -1.88. The number of amides is 1. The number of carbonyl (C=O) groups excluding carboxylic acids is 2. The molecule has 1 aromatic carbocycles. The molecule has 110 valence electrons. The summed E-state index contributed by atoms with van der Waals surface area (Å²) in [6, 6.07) is 8.64. The molecule has 1 atom stereocenters. The third kappa shape index (κ3) is 5.01. The molecule has 2 N–H and O–H groups in total. The monoisotopic (exact) mass is 278 g/mol. The van der Waals surface area contributed by atoms with Crippen molar-refractivity contribution in [2.24, 2.45) is 5.41 Å². The van der Waals surface area contributed by atoms with Gasteiger partial charge < -0.3 is 10.1 Å². The molecule has 0 saturated carbocycles. The molecular formula is C15H22N2O3. The van der Waals surface area contributed by atoms with Crippen molar-refractivity contribution in [3.05, 3.63) is 30.3 Å². The van der Waals surface area contributed by atoms with E-state index in [-0.39, 0.29) is 23.8 Å². The van der Waals surface area contributed by atoms with E-state index in [0.717, 1.165) is 5.69 Å². The highest BCUT2D eigenvalue weighted by Crippen LogP contribution is 2.20. The summed E-state index contributed by atoms with van der Waals surface area (Å²) in [5.41, 5.74) is 0.393. The van der Waals surface area contributed by atoms with Crippen LogP contribution in [0.25, 0.3) is 0 Å². The SMILES string of the molecule is COC(=O)[C@@H](NCC(=O)Nc1ccccc1)C(C)(C)C. The van der Waals surface area contributed by atoms with E-state index in [1.807, 2.05) is 39.0 Å². The predicted octanol–water partition coefficient (Wildman–Crippen LogP) is 1.80. The smallest absolute Gasteiger partial charge is 0.323 e. The second kappa shape index (κ2) is 7.05. The number of hydrogen-bond acceptors (Lipinski definition) is 4. The van der Waals surface area contributed by atoms with E-state index in [1.54, 1.807) is 12.1 Å². The number of anilines is 1. The first-order chi connectivity index (χ1) is 9.34. The molecule has 5 nitrogen and oxygen atoms in total. The molecule has 0 heterocycles. The molecule has 1 amide bonds. The maximum absolute atomic E-state index is 11.8. The van der Waals surface area contributed by atoms with Gasteiger partial charge in [0, 0.05) is 5.69 Å². The van der Waals surface area contributed by atoms with Gasteiger partial charge >= 0.3 is 5.97 Å². The van der Waals surface area contributed by atoms with Crippen molar-refractivity contribution in [3.8, 4) is 0 Å². The first-order valence-electron chi connectivity index (χ1n) is 6.50. The molecule has 20 heavy (non-hydrogen) atoms. The van der Waals surface area contributed by atoms with E-state index in [0.29, 0.717) is 0 Å². The lowest BCUT2D eigenvalue weighted by Crippen LogP contribution is -2.49. The van der Waals surface area contributed by atoms with Crippen LogP contribution in [0.1, 0.15) is 20.8 Å². The van der Waals surface area contributed by atoms with Crippen LogP contribution < -0.4 is 10.6 Å². The number of para-hydroxylation sites is 1. The zero-order valence-corrected chi connectivity index (χ0v) is 12.4. The number of carbonyl (C=O) groups is 2. The summed E-state index contributed by atoms with van der Waals surface area (Å²) in [6.07, 6.45) is 0. The van der Waals surface area contributed by atoms with Gasteiger partial charge in [0.25, 0.3) is 0 Å². The fraction of sp³-hybridized carbons (Fsp3) is 0.467. The highest BCUT2D eigenvalue weighted by atomic mass is 16.5. The molecule has 0 bridgehead atoms. The maximum atomic E-state index is 11.8. The average molecular weight is 278 g/mol. The highest BCUT2D eigenvalue weighted by Gasteiger charge is 2.32. The largest absolute Gasteiger partial charge is 0.468 e. The van der Waals surface area contributed by atoms with Crippen LogP contribution in [0.4, 0.5) is 5.69 Å². The van der Waals surface area contributed by atoms with Crippen molar-refractivity contribution in [3.63, 3.8) is 0 Å². The van der Waals surface area contributed by atoms with Gasteiger partial charge in [0.2, 0.25) is 5.91 Å². The Morgan fingerprint density at radius 1 is 1.20 bits per heavy atom. The predicted molar refractivity (Wildman–Crippen MR) is 78.3 cm³/mol. The fourth-order valence-corrected chi connectivity index (χ4v) is 1.78. The highest BCUT2D eigenvalue weighted by molar-refractivity contribution is 5.92. The molecule has 0 unspecified atom stereocenters. The fourth-order valence-electron chi connectivity index (χ4n) is 1.78. The number of ether oxygens (including phenoxy) is 1. The number of esters is 1. The van der Waals surface area contributed by atoms with Crippen molar-refractivity contribution in [1.82, 2.24) is 5.32 Å². The molecule has 5 heteroatoms. The second-order valence-electron chi connectivity index (χ2n) is 5.62. The maximum Gasteiger partial charge on any atom is 0.323 e. The van der Waals surface area contributed by atoms with Crippen molar-refractivity contribution in [2.75, 3.05) is 19.0 Å². The Balaban J connectivity index is 2.55. The standard InChI is InChI=1S/C15H22N2O3/c1-15(2,3)13(14(19)20-4)16-10-12(18)17-11-8-6-5-7-9-11/h5-9,13,16H,10H2,1-4H3,(H,17,18)/t13-/m1/s1. The van der Waals surface area contributed by atoms with Crippen LogP contribution in [0.15, 0.2) is 30.3 Å². The molecule has 0 spiro atoms. The van der Waals surface area contributed by atoms with Crippen LogP contribution in [-0.4, -0.2) is 31.6 Å². The lowest BCUT2D eigenvalue weighted by molar-refractivity contribution is -0.146. The van der Waals surface area contributed by atoms with Gasteiger partial charge in [-0.15, -0.1) is 0 Å². The van der Waals surface area contributed by atoms with E-state index < -0.39 is 6.04 Å². The summed E-state index contributed by atoms with van der Waals surface area (Å²) < 4.78 is 4.76. The van der Waals surface area contributed by atoms with Gasteiger partial charge in [0.1, 0.15) is 6.04 Å². The summed E-state index contributed by atoms with van der Waals surface area (Å²) in [4.78, 5) is 23.5. The first-order valence-corrected chi connectivity index (χ1v) is 6.50. The summed E-state index contributed by atoms with van der Waals surface area (Å²) in [7, 11) is 1.34. The molecule has 0 aliphatic carbocycles. The van der Waals surface area contributed by atoms with Gasteiger partial charge in [0.15, 0.2) is 0 Å². The number of rotatable bonds is 5. The van der Waals surface area contributed by atoms with Crippen LogP contribution in [0.3, 0.4) is 0 Å². The Morgan fingerprint density at radius 2 is 1.80 bits per heavy atom. The molecule has 1 aromatic rings. The van der Waals surface area contributed by atoms with E-state index >= 15 is 0 Å². The molecule has 1 rings (SSSR count). The molecule has 0 aromatic heterocycles. The van der Waals surface area contributed by atoms with Crippen molar-refractivity contribution in [2.45, 2.75) is 26.8 Å². The van der Waals surface area contributed by atoms with Crippen molar-refractivity contribution >= 4 is 17.6 Å². The number of hydrogen-bond donors (Lipinski definition) is 2. The molecule has 0 fully saturated rings. The number of benzene rings is 1. The minimum Gasteiger partial charge on any atom is -0.468 e. The van der Waals surface area contributed by atoms with Gasteiger partial charge in [-0.3, -0.25) is 14.9 Å². The lowest BCUT2D eigenvalue weighted by atomic mass is 9.87. The normalized spacial score (nSPS) is 12.6. The minimum atomic E-state index is -0.533. The first kappa shape index (κ1) is 16.2. The van der Waals surface area contributed by atoms with E-state index in [2.05, 4.69) is 10.6 Å². The summed E-state index contributed by atoms with van der Waals surface area (Å²) in [6.45, 7) is 5.79. The Bertz CT molecular complexity index is 452. The number of methoxy groups -OCH3 is 1. The van der Waals surface area contributed by atoms with Gasteiger partial charge in [0.05, 0.1) is 13.7 Å². The molecule has 0 aliphatic rings. The van der Waals surface area contributed by atoms with Crippen LogP contribution in [0.2, 0.25) is 0 Å². The third-order valence-corrected chi connectivity index (χ3v) is 2.83. The van der Waals surface area contributed by atoms with Crippen LogP contribution in [0, 0.1) is 5.41 Å². The van der Waals surface area contributed by atoms with Gasteiger partial charge in [-0.25, -0.2) is 0 Å². The summed E-state index contributed by atoms with van der Waals surface area (Å²) >= 11 is 0. The minimum absolute atomic E-state index is 0.0476.